The standard InChI is InChI=1S/C18H26N2O3/c1-7-8-15(18(4,5)6)20(19-17(22)23)16(21)14-10-12(2)9-13(3)11-14/h7,9-11,15,19H,1,8H2,2-6H3,(H,22,23)/t15-/m1/s1. The number of benzene rings is 1. The summed E-state index contributed by atoms with van der Waals surface area (Å²) in [5.74, 6) is -0.360. The van der Waals surface area contributed by atoms with Crippen LogP contribution in [0, 0.1) is 19.3 Å². The lowest BCUT2D eigenvalue weighted by Gasteiger charge is -2.39. The van der Waals surface area contributed by atoms with Crippen molar-refractivity contribution in [2.24, 2.45) is 5.41 Å². The molecule has 0 spiro atoms. The molecule has 0 saturated heterocycles. The highest BCUT2D eigenvalue weighted by molar-refractivity contribution is 5.95. The van der Waals surface area contributed by atoms with Crippen molar-refractivity contribution in [2.45, 2.75) is 47.1 Å². The third kappa shape index (κ3) is 5.13. The van der Waals surface area contributed by atoms with Crippen LogP contribution in [-0.4, -0.2) is 28.2 Å². The molecule has 0 saturated carbocycles. The molecule has 1 aromatic rings. The van der Waals surface area contributed by atoms with Crippen molar-refractivity contribution in [3.8, 4) is 0 Å². The van der Waals surface area contributed by atoms with Gasteiger partial charge in [-0.25, -0.2) is 15.2 Å². The molecule has 1 aromatic carbocycles. The van der Waals surface area contributed by atoms with Crippen LogP contribution >= 0.6 is 0 Å². The van der Waals surface area contributed by atoms with Gasteiger partial charge in [0.15, 0.2) is 0 Å². The zero-order chi connectivity index (χ0) is 17.8. The Kier molecular flexibility index (Phi) is 5.96. The van der Waals surface area contributed by atoms with Crippen molar-refractivity contribution in [3.05, 3.63) is 47.5 Å². The molecule has 5 nitrogen and oxygen atoms in total. The molecule has 1 atom stereocenters. The van der Waals surface area contributed by atoms with E-state index < -0.39 is 6.09 Å². The number of hydrazine groups is 1. The molecule has 0 aromatic heterocycles. The first kappa shape index (κ1) is 18.7. The monoisotopic (exact) mass is 318 g/mol. The van der Waals surface area contributed by atoms with Gasteiger partial charge in [0.1, 0.15) is 0 Å². The quantitative estimate of drug-likeness (QED) is 0.653. The molecule has 0 fully saturated rings. The molecular formula is C18H26N2O3. The highest BCUT2D eigenvalue weighted by atomic mass is 16.4. The molecule has 5 heteroatoms. The Hall–Kier alpha value is -2.30. The van der Waals surface area contributed by atoms with E-state index in [1.54, 1.807) is 18.2 Å². The van der Waals surface area contributed by atoms with Crippen LogP contribution in [0.15, 0.2) is 30.9 Å². The van der Waals surface area contributed by atoms with Crippen molar-refractivity contribution in [3.63, 3.8) is 0 Å². The van der Waals surface area contributed by atoms with Gasteiger partial charge in [0, 0.05) is 5.56 Å². The maximum absolute atomic E-state index is 12.9. The predicted molar refractivity (Wildman–Crippen MR) is 91.3 cm³/mol. The Morgan fingerprint density at radius 2 is 1.78 bits per heavy atom. The summed E-state index contributed by atoms with van der Waals surface area (Å²) in [6.07, 6.45) is 0.919. The van der Waals surface area contributed by atoms with Crippen LogP contribution in [0.5, 0.6) is 0 Å². The molecule has 0 heterocycles. The molecule has 0 aliphatic carbocycles. The number of nitrogens with one attached hydrogen (secondary N) is 1. The van der Waals surface area contributed by atoms with Crippen molar-refractivity contribution < 1.29 is 14.7 Å². The van der Waals surface area contributed by atoms with Crippen LogP contribution in [0.2, 0.25) is 0 Å². The second-order valence-corrected chi connectivity index (χ2v) is 6.87. The normalized spacial score (nSPS) is 12.4. The minimum Gasteiger partial charge on any atom is -0.464 e. The summed E-state index contributed by atoms with van der Waals surface area (Å²) in [6, 6.07) is 5.15. The van der Waals surface area contributed by atoms with Crippen LogP contribution in [0.1, 0.15) is 48.7 Å². The second kappa shape index (κ2) is 7.31. The largest absolute Gasteiger partial charge is 0.464 e. The molecule has 23 heavy (non-hydrogen) atoms. The fourth-order valence-corrected chi connectivity index (χ4v) is 2.61. The molecular weight excluding hydrogens is 292 g/mol. The Morgan fingerprint density at radius 3 is 2.17 bits per heavy atom. The van der Waals surface area contributed by atoms with Crippen LogP contribution in [-0.2, 0) is 0 Å². The SMILES string of the molecule is C=CC[C@@H](N(NC(=O)O)C(=O)c1cc(C)cc(C)c1)C(C)(C)C. The Balaban J connectivity index is 3.30. The van der Waals surface area contributed by atoms with E-state index in [1.165, 1.54) is 5.01 Å². The number of hydrogen-bond donors (Lipinski definition) is 2. The minimum atomic E-state index is -1.26. The van der Waals surface area contributed by atoms with Gasteiger partial charge in [0.25, 0.3) is 5.91 Å². The van der Waals surface area contributed by atoms with E-state index in [-0.39, 0.29) is 17.4 Å². The van der Waals surface area contributed by atoms with Gasteiger partial charge in [-0.15, -0.1) is 6.58 Å². The van der Waals surface area contributed by atoms with Crippen LogP contribution < -0.4 is 5.43 Å². The summed E-state index contributed by atoms with van der Waals surface area (Å²) < 4.78 is 0. The number of nitrogens with zero attached hydrogens (tertiary/aromatic N) is 1. The van der Waals surface area contributed by atoms with Crippen LogP contribution in [0.25, 0.3) is 0 Å². The highest BCUT2D eigenvalue weighted by Crippen LogP contribution is 2.28. The summed E-state index contributed by atoms with van der Waals surface area (Å²) in [7, 11) is 0. The lowest BCUT2D eigenvalue weighted by Crippen LogP contribution is -2.55. The van der Waals surface area contributed by atoms with Gasteiger partial charge in [-0.1, -0.05) is 44.0 Å². The summed E-state index contributed by atoms with van der Waals surface area (Å²) in [5, 5.41) is 10.3. The first-order chi connectivity index (χ1) is 10.6. The number of rotatable bonds is 4. The van der Waals surface area contributed by atoms with Crippen molar-refractivity contribution in [2.75, 3.05) is 0 Å². The number of hydrogen-bond acceptors (Lipinski definition) is 2. The lowest BCUT2D eigenvalue weighted by atomic mass is 9.84. The van der Waals surface area contributed by atoms with Gasteiger partial charge in [0.05, 0.1) is 6.04 Å². The average molecular weight is 318 g/mol. The molecule has 0 unspecified atom stereocenters. The van der Waals surface area contributed by atoms with E-state index >= 15 is 0 Å². The first-order valence-corrected chi connectivity index (χ1v) is 7.58. The Bertz CT molecular complexity index is 583. The fraction of sp³-hybridized carbons (Fsp3) is 0.444. The van der Waals surface area contributed by atoms with Gasteiger partial charge in [-0.05, 0) is 37.8 Å². The third-order valence-corrected chi connectivity index (χ3v) is 3.60. The van der Waals surface area contributed by atoms with Crippen molar-refractivity contribution in [1.29, 1.82) is 0 Å². The molecule has 126 valence electrons. The Morgan fingerprint density at radius 1 is 1.26 bits per heavy atom. The molecule has 2 N–H and O–H groups in total. The number of aryl methyl sites for hydroxylation is 2. The van der Waals surface area contributed by atoms with Crippen molar-refractivity contribution in [1.82, 2.24) is 10.4 Å². The number of amides is 2. The molecule has 1 rings (SSSR count). The molecule has 0 bridgehead atoms. The lowest BCUT2D eigenvalue weighted by molar-refractivity contribution is 0.0334. The summed E-state index contributed by atoms with van der Waals surface area (Å²) >= 11 is 0. The molecule has 0 aliphatic rings. The van der Waals surface area contributed by atoms with E-state index in [1.807, 2.05) is 40.7 Å². The number of carbonyl (C=O) groups excluding carboxylic acids is 1. The van der Waals surface area contributed by atoms with Gasteiger partial charge in [0.2, 0.25) is 0 Å². The van der Waals surface area contributed by atoms with Gasteiger partial charge in [-0.3, -0.25) is 4.79 Å². The van der Waals surface area contributed by atoms with E-state index in [0.717, 1.165) is 11.1 Å². The minimum absolute atomic E-state index is 0.314. The summed E-state index contributed by atoms with van der Waals surface area (Å²) in [5.41, 5.74) is 4.33. The summed E-state index contributed by atoms with van der Waals surface area (Å²) in [4.78, 5) is 24.1. The number of carboxylic acid groups (broad SMARTS) is 1. The highest BCUT2D eigenvalue weighted by Gasteiger charge is 2.34. The zero-order valence-corrected chi connectivity index (χ0v) is 14.5. The van der Waals surface area contributed by atoms with Gasteiger partial charge < -0.3 is 5.11 Å². The average Bonchev–Trinajstić information content (AvgIpc) is 2.39. The van der Waals surface area contributed by atoms with Crippen LogP contribution in [0.4, 0.5) is 4.79 Å². The third-order valence-electron chi connectivity index (χ3n) is 3.60. The van der Waals surface area contributed by atoms with Gasteiger partial charge in [-0.2, -0.15) is 0 Å². The molecule has 0 radical (unpaired) electrons. The van der Waals surface area contributed by atoms with E-state index in [2.05, 4.69) is 12.0 Å². The number of carbonyl (C=O) groups is 2. The zero-order valence-electron chi connectivity index (χ0n) is 14.5. The topological polar surface area (TPSA) is 69.6 Å². The van der Waals surface area contributed by atoms with E-state index in [9.17, 15) is 9.59 Å². The summed E-state index contributed by atoms with van der Waals surface area (Å²) in [6.45, 7) is 13.4. The smallest absolute Gasteiger partial charge is 0.423 e. The maximum atomic E-state index is 12.9. The van der Waals surface area contributed by atoms with E-state index in [4.69, 9.17) is 5.11 Å². The first-order valence-electron chi connectivity index (χ1n) is 7.58. The molecule has 0 aliphatic heterocycles. The van der Waals surface area contributed by atoms with Crippen molar-refractivity contribution >= 4 is 12.0 Å². The predicted octanol–water partition coefficient (Wildman–Crippen LogP) is 3.92. The second-order valence-electron chi connectivity index (χ2n) is 6.87. The molecule has 2 amide bonds. The maximum Gasteiger partial charge on any atom is 0.423 e. The fourth-order valence-electron chi connectivity index (χ4n) is 2.61. The van der Waals surface area contributed by atoms with E-state index in [0.29, 0.717) is 12.0 Å². The van der Waals surface area contributed by atoms with Gasteiger partial charge >= 0.3 is 6.09 Å². The Labute approximate surface area is 138 Å². The van der Waals surface area contributed by atoms with Crippen LogP contribution in [0.3, 0.4) is 0 Å².